The highest BCUT2D eigenvalue weighted by molar-refractivity contribution is 5.79. The lowest BCUT2D eigenvalue weighted by Crippen LogP contribution is -2.32. The molecule has 0 radical (unpaired) electrons. The van der Waals surface area contributed by atoms with E-state index in [-0.39, 0.29) is 11.8 Å². The molecule has 1 atom stereocenters. The molecule has 0 aliphatic carbocycles. The fourth-order valence-corrected chi connectivity index (χ4v) is 1.14. The third kappa shape index (κ3) is 6.54. The van der Waals surface area contributed by atoms with Gasteiger partial charge in [-0.2, -0.15) is 0 Å². The molecule has 4 heteroatoms. The van der Waals surface area contributed by atoms with Gasteiger partial charge in [-0.1, -0.05) is 6.92 Å². The molecule has 0 rings (SSSR count). The largest absolute Gasteiger partial charge is 0.387 e. The minimum atomic E-state index is 0.146. The number of amidine groups is 1. The smallest absolute Gasteiger partial charge is 0.0947 e. The zero-order valence-electron chi connectivity index (χ0n) is 8.84. The summed E-state index contributed by atoms with van der Waals surface area (Å²) in [5, 5.41) is 7.23. The van der Waals surface area contributed by atoms with Gasteiger partial charge < -0.3 is 15.4 Å². The van der Waals surface area contributed by atoms with Gasteiger partial charge in [0.1, 0.15) is 0 Å². The molecule has 0 aliphatic heterocycles. The molecule has 0 saturated carbocycles. The van der Waals surface area contributed by atoms with Crippen molar-refractivity contribution in [2.24, 2.45) is 11.7 Å². The second-order valence-corrected chi connectivity index (χ2v) is 3.46. The van der Waals surface area contributed by atoms with Crippen LogP contribution in [0.25, 0.3) is 0 Å². The van der Waals surface area contributed by atoms with Crippen molar-refractivity contribution in [2.75, 3.05) is 33.9 Å². The summed E-state index contributed by atoms with van der Waals surface area (Å²) in [6.07, 6.45) is 1.03. The Morgan fingerprint density at radius 2 is 2.23 bits per heavy atom. The fraction of sp³-hybridized carbons (Fsp3) is 0.889. The average Bonchev–Trinajstić information content (AvgIpc) is 2.04. The van der Waals surface area contributed by atoms with E-state index in [1.807, 2.05) is 14.0 Å². The quantitative estimate of drug-likeness (QED) is 0.347. The van der Waals surface area contributed by atoms with Crippen LogP contribution in [0.5, 0.6) is 0 Å². The van der Waals surface area contributed by atoms with Crippen molar-refractivity contribution in [3.8, 4) is 0 Å². The van der Waals surface area contributed by atoms with Crippen LogP contribution in [-0.4, -0.2) is 44.6 Å². The summed E-state index contributed by atoms with van der Waals surface area (Å²) >= 11 is 0. The number of nitrogens with one attached hydrogen (secondary N) is 1. The maximum Gasteiger partial charge on any atom is 0.0947 e. The van der Waals surface area contributed by atoms with Gasteiger partial charge in [0.2, 0.25) is 0 Å². The standard InChI is InChI=1S/C9H21N3O/c1-8(9(10)11)7-12(2)5-4-6-13-3/h8H,4-7H2,1-3H3,(H3,10,11). The van der Waals surface area contributed by atoms with E-state index >= 15 is 0 Å². The van der Waals surface area contributed by atoms with E-state index in [9.17, 15) is 0 Å². The van der Waals surface area contributed by atoms with Crippen molar-refractivity contribution in [3.63, 3.8) is 0 Å². The SMILES string of the molecule is COCCCN(C)CC(C)C(=N)N. The van der Waals surface area contributed by atoms with Crippen LogP contribution in [-0.2, 0) is 4.74 Å². The molecule has 0 aromatic carbocycles. The van der Waals surface area contributed by atoms with E-state index in [1.165, 1.54) is 0 Å². The van der Waals surface area contributed by atoms with Gasteiger partial charge in [0.05, 0.1) is 5.84 Å². The zero-order valence-corrected chi connectivity index (χ0v) is 8.84. The summed E-state index contributed by atoms with van der Waals surface area (Å²) in [6, 6.07) is 0. The number of hydrogen-bond donors (Lipinski definition) is 2. The monoisotopic (exact) mass is 187 g/mol. The average molecular weight is 187 g/mol. The molecule has 4 nitrogen and oxygen atoms in total. The van der Waals surface area contributed by atoms with Crippen molar-refractivity contribution in [1.82, 2.24) is 4.90 Å². The van der Waals surface area contributed by atoms with Crippen LogP contribution in [0.4, 0.5) is 0 Å². The van der Waals surface area contributed by atoms with E-state index in [1.54, 1.807) is 7.11 Å². The minimum Gasteiger partial charge on any atom is -0.387 e. The third-order valence-electron chi connectivity index (χ3n) is 2.00. The lowest BCUT2D eigenvalue weighted by Gasteiger charge is -2.20. The first-order chi connectivity index (χ1) is 6.07. The normalized spacial score (nSPS) is 13.2. The Hall–Kier alpha value is -0.610. The van der Waals surface area contributed by atoms with Crippen molar-refractivity contribution < 1.29 is 4.74 Å². The van der Waals surface area contributed by atoms with Crippen LogP contribution in [0, 0.1) is 11.3 Å². The Balaban J connectivity index is 3.49. The van der Waals surface area contributed by atoms with Gasteiger partial charge in [0, 0.05) is 32.7 Å². The van der Waals surface area contributed by atoms with Crippen LogP contribution in [0.15, 0.2) is 0 Å². The molecular weight excluding hydrogens is 166 g/mol. The van der Waals surface area contributed by atoms with E-state index in [0.717, 1.165) is 26.1 Å². The van der Waals surface area contributed by atoms with Gasteiger partial charge >= 0.3 is 0 Å². The summed E-state index contributed by atoms with van der Waals surface area (Å²) < 4.78 is 4.95. The highest BCUT2D eigenvalue weighted by Gasteiger charge is 2.07. The van der Waals surface area contributed by atoms with Gasteiger partial charge in [0.25, 0.3) is 0 Å². The van der Waals surface area contributed by atoms with Gasteiger partial charge in [-0.05, 0) is 13.5 Å². The Kier molecular flexibility index (Phi) is 6.54. The third-order valence-corrected chi connectivity index (χ3v) is 2.00. The Morgan fingerprint density at radius 3 is 2.69 bits per heavy atom. The maximum absolute atomic E-state index is 7.23. The Labute approximate surface area is 80.6 Å². The second-order valence-electron chi connectivity index (χ2n) is 3.46. The number of nitrogens with zero attached hydrogens (tertiary/aromatic N) is 1. The number of hydrogen-bond acceptors (Lipinski definition) is 3. The minimum absolute atomic E-state index is 0.146. The molecule has 0 aromatic heterocycles. The summed E-state index contributed by atoms with van der Waals surface area (Å²) in [7, 11) is 3.74. The van der Waals surface area contributed by atoms with Gasteiger partial charge in [-0.25, -0.2) is 0 Å². The zero-order chi connectivity index (χ0) is 10.3. The molecule has 0 bridgehead atoms. The first-order valence-corrected chi connectivity index (χ1v) is 4.59. The highest BCUT2D eigenvalue weighted by Crippen LogP contribution is 1.97. The molecule has 1 unspecified atom stereocenters. The van der Waals surface area contributed by atoms with Gasteiger partial charge in [0.15, 0.2) is 0 Å². The van der Waals surface area contributed by atoms with Crippen LogP contribution in [0.2, 0.25) is 0 Å². The number of methoxy groups -OCH3 is 1. The van der Waals surface area contributed by atoms with Gasteiger partial charge in [-0.3, -0.25) is 5.41 Å². The van der Waals surface area contributed by atoms with Crippen molar-refractivity contribution in [2.45, 2.75) is 13.3 Å². The molecule has 3 N–H and O–H groups in total. The lowest BCUT2D eigenvalue weighted by atomic mass is 10.1. The molecule has 0 amide bonds. The van der Waals surface area contributed by atoms with Crippen LogP contribution in [0.1, 0.15) is 13.3 Å². The molecule has 0 heterocycles. The van der Waals surface area contributed by atoms with E-state index in [0.29, 0.717) is 0 Å². The molecule has 0 spiro atoms. The van der Waals surface area contributed by atoms with E-state index < -0.39 is 0 Å². The molecule has 13 heavy (non-hydrogen) atoms. The predicted octanol–water partition coefficient (Wildman–Crippen LogP) is 0.527. The predicted molar refractivity (Wildman–Crippen MR) is 55.1 cm³/mol. The second kappa shape index (κ2) is 6.86. The van der Waals surface area contributed by atoms with Crippen LogP contribution >= 0.6 is 0 Å². The Bertz CT molecular complexity index is 150. The fourth-order valence-electron chi connectivity index (χ4n) is 1.14. The molecule has 0 fully saturated rings. The van der Waals surface area contributed by atoms with Crippen molar-refractivity contribution in [1.29, 1.82) is 5.41 Å². The summed E-state index contributed by atoms with van der Waals surface area (Å²) in [5.74, 6) is 0.408. The first-order valence-electron chi connectivity index (χ1n) is 4.59. The topological polar surface area (TPSA) is 62.3 Å². The summed E-state index contributed by atoms with van der Waals surface area (Å²) in [6.45, 7) is 4.60. The number of ether oxygens (including phenoxy) is 1. The molecular formula is C9H21N3O. The summed E-state index contributed by atoms with van der Waals surface area (Å²) in [4.78, 5) is 2.17. The summed E-state index contributed by atoms with van der Waals surface area (Å²) in [5.41, 5.74) is 5.37. The van der Waals surface area contributed by atoms with Crippen molar-refractivity contribution in [3.05, 3.63) is 0 Å². The van der Waals surface area contributed by atoms with E-state index in [2.05, 4.69) is 4.90 Å². The lowest BCUT2D eigenvalue weighted by molar-refractivity contribution is 0.177. The van der Waals surface area contributed by atoms with Crippen molar-refractivity contribution >= 4 is 5.84 Å². The van der Waals surface area contributed by atoms with E-state index in [4.69, 9.17) is 15.9 Å². The highest BCUT2D eigenvalue weighted by atomic mass is 16.5. The molecule has 78 valence electrons. The van der Waals surface area contributed by atoms with Gasteiger partial charge in [-0.15, -0.1) is 0 Å². The van der Waals surface area contributed by atoms with Crippen LogP contribution < -0.4 is 5.73 Å². The number of rotatable bonds is 7. The maximum atomic E-state index is 7.23. The molecule has 0 saturated heterocycles. The van der Waals surface area contributed by atoms with Crippen LogP contribution in [0.3, 0.4) is 0 Å². The Morgan fingerprint density at radius 1 is 1.62 bits per heavy atom. The number of nitrogens with two attached hydrogens (primary N) is 1. The first kappa shape index (κ1) is 12.4. The molecule has 0 aromatic rings. The molecule has 0 aliphatic rings.